The topological polar surface area (TPSA) is 103 Å². The maximum atomic E-state index is 12.4. The number of rotatable bonds is 5. The van der Waals surface area contributed by atoms with Gasteiger partial charge in [0.05, 0.1) is 20.1 Å². The number of nitrogens with one attached hydrogen (secondary N) is 1. The number of hydrogen-bond donors (Lipinski definition) is 1. The zero-order valence-corrected chi connectivity index (χ0v) is 15.5. The minimum absolute atomic E-state index is 0.0149. The second-order valence-electron chi connectivity index (χ2n) is 6.27. The quantitative estimate of drug-likeness (QED) is 0.725. The highest BCUT2D eigenvalue weighted by atomic mass is 16.5. The number of carbonyl (C=O) groups excluding carboxylic acids is 1. The number of carbonyl (C=O) groups is 1. The fourth-order valence-corrected chi connectivity index (χ4v) is 2.92. The summed E-state index contributed by atoms with van der Waals surface area (Å²) in [5.41, 5.74) is 1.28. The van der Waals surface area contributed by atoms with E-state index < -0.39 is 0 Å². The monoisotopic (exact) mass is 381 g/mol. The smallest absolute Gasteiger partial charge is 0.321 e. The van der Waals surface area contributed by atoms with Gasteiger partial charge in [0.15, 0.2) is 11.5 Å². The molecule has 2 aromatic heterocycles. The van der Waals surface area contributed by atoms with Gasteiger partial charge in [0.2, 0.25) is 11.7 Å². The molecule has 144 valence electrons. The number of hydrogen-bond acceptors (Lipinski definition) is 7. The summed E-state index contributed by atoms with van der Waals surface area (Å²) in [4.78, 5) is 22.7. The third kappa shape index (κ3) is 3.46. The van der Waals surface area contributed by atoms with Crippen LogP contribution in [0.1, 0.15) is 11.8 Å². The second kappa shape index (κ2) is 7.55. The van der Waals surface area contributed by atoms with Crippen LogP contribution >= 0.6 is 0 Å². The van der Waals surface area contributed by atoms with Gasteiger partial charge in [-0.1, -0.05) is 11.2 Å². The molecule has 2 amide bonds. The van der Waals surface area contributed by atoms with E-state index in [0.717, 1.165) is 0 Å². The predicted octanol–water partition coefficient (Wildman–Crippen LogP) is 2.78. The molecule has 28 heavy (non-hydrogen) atoms. The summed E-state index contributed by atoms with van der Waals surface area (Å²) in [5.74, 6) is 2.13. The lowest BCUT2D eigenvalue weighted by Gasteiger charge is -2.36. The largest absolute Gasteiger partial charge is 0.493 e. The van der Waals surface area contributed by atoms with Crippen LogP contribution in [-0.4, -0.2) is 53.4 Å². The summed E-state index contributed by atoms with van der Waals surface area (Å²) in [6, 6.07) is 10.5. The Kier molecular flexibility index (Phi) is 4.79. The number of anilines is 1. The number of urea groups is 1. The van der Waals surface area contributed by atoms with Gasteiger partial charge >= 0.3 is 6.03 Å². The van der Waals surface area contributed by atoms with E-state index >= 15 is 0 Å². The van der Waals surface area contributed by atoms with E-state index in [0.29, 0.717) is 47.7 Å². The Labute approximate surface area is 161 Å². The van der Waals surface area contributed by atoms with E-state index in [2.05, 4.69) is 20.4 Å². The molecule has 3 aromatic rings. The van der Waals surface area contributed by atoms with Crippen LogP contribution in [0.3, 0.4) is 0 Å². The third-order valence-corrected chi connectivity index (χ3v) is 4.49. The van der Waals surface area contributed by atoms with Crippen LogP contribution < -0.4 is 14.8 Å². The highest BCUT2D eigenvalue weighted by Gasteiger charge is 2.36. The van der Waals surface area contributed by atoms with Crippen molar-refractivity contribution < 1.29 is 18.8 Å². The Balaban J connectivity index is 1.35. The van der Waals surface area contributed by atoms with Crippen molar-refractivity contribution in [3.63, 3.8) is 0 Å². The zero-order chi connectivity index (χ0) is 19.5. The lowest BCUT2D eigenvalue weighted by Crippen LogP contribution is -2.50. The number of aromatic nitrogens is 3. The molecular formula is C19H19N5O4. The van der Waals surface area contributed by atoms with E-state index in [1.807, 2.05) is 18.2 Å². The molecule has 0 saturated carbocycles. The molecule has 3 heterocycles. The summed E-state index contributed by atoms with van der Waals surface area (Å²) in [6.07, 6.45) is 1.68. The second-order valence-corrected chi connectivity index (χ2v) is 6.27. The first-order chi connectivity index (χ1) is 13.7. The molecule has 0 unspecified atom stereocenters. The third-order valence-electron chi connectivity index (χ3n) is 4.49. The first-order valence-electron chi connectivity index (χ1n) is 8.71. The predicted molar refractivity (Wildman–Crippen MR) is 100 cm³/mol. The van der Waals surface area contributed by atoms with E-state index in [-0.39, 0.29) is 11.9 Å². The average Bonchev–Trinajstić information content (AvgIpc) is 3.17. The van der Waals surface area contributed by atoms with Crippen molar-refractivity contribution in [1.82, 2.24) is 20.0 Å². The van der Waals surface area contributed by atoms with Gasteiger partial charge in [0.1, 0.15) is 5.69 Å². The Morgan fingerprint density at radius 3 is 2.71 bits per heavy atom. The van der Waals surface area contributed by atoms with Crippen molar-refractivity contribution in [1.29, 1.82) is 0 Å². The Bertz CT molecular complexity index is 969. The number of benzene rings is 1. The number of amides is 2. The molecule has 0 aliphatic carbocycles. The maximum Gasteiger partial charge on any atom is 0.321 e. The van der Waals surface area contributed by atoms with E-state index in [1.54, 1.807) is 43.5 Å². The highest BCUT2D eigenvalue weighted by molar-refractivity contribution is 5.90. The van der Waals surface area contributed by atoms with Gasteiger partial charge in [-0.2, -0.15) is 4.98 Å². The first-order valence-corrected chi connectivity index (χ1v) is 8.71. The minimum atomic E-state index is -0.201. The molecule has 0 atom stereocenters. The summed E-state index contributed by atoms with van der Waals surface area (Å²) in [5, 5.41) is 6.82. The number of likely N-dealkylation sites (tertiary alicyclic amines) is 1. The van der Waals surface area contributed by atoms with Crippen LogP contribution in [0, 0.1) is 0 Å². The van der Waals surface area contributed by atoms with Crippen LogP contribution in [-0.2, 0) is 0 Å². The molecule has 1 saturated heterocycles. The van der Waals surface area contributed by atoms with Crippen molar-refractivity contribution in [3.05, 3.63) is 48.5 Å². The summed E-state index contributed by atoms with van der Waals surface area (Å²) in [6.45, 7) is 1.01. The van der Waals surface area contributed by atoms with Crippen molar-refractivity contribution in [2.45, 2.75) is 5.92 Å². The standard InChI is InChI=1S/C19H19N5O4/c1-26-15-7-6-13(9-16(15)27-2)21-19(25)24-10-12(11-24)18-22-17(23-28-18)14-5-3-4-8-20-14/h3-9,12H,10-11H2,1-2H3,(H,21,25). The summed E-state index contributed by atoms with van der Waals surface area (Å²) >= 11 is 0. The molecule has 1 fully saturated rings. The fraction of sp³-hybridized carbons (Fsp3) is 0.263. The van der Waals surface area contributed by atoms with E-state index in [1.165, 1.54) is 0 Å². The van der Waals surface area contributed by atoms with Crippen molar-refractivity contribution in [3.8, 4) is 23.0 Å². The van der Waals surface area contributed by atoms with Gasteiger partial charge in [-0.25, -0.2) is 4.79 Å². The van der Waals surface area contributed by atoms with E-state index in [4.69, 9.17) is 14.0 Å². The van der Waals surface area contributed by atoms with Crippen LogP contribution in [0.25, 0.3) is 11.5 Å². The zero-order valence-electron chi connectivity index (χ0n) is 15.5. The molecule has 1 N–H and O–H groups in total. The van der Waals surface area contributed by atoms with Crippen LogP contribution in [0.5, 0.6) is 11.5 Å². The van der Waals surface area contributed by atoms with Crippen LogP contribution in [0.4, 0.5) is 10.5 Å². The van der Waals surface area contributed by atoms with Gasteiger partial charge < -0.3 is 24.2 Å². The van der Waals surface area contributed by atoms with Crippen LogP contribution in [0.15, 0.2) is 47.1 Å². The number of nitrogens with zero attached hydrogens (tertiary/aromatic N) is 4. The Hall–Kier alpha value is -3.62. The lowest BCUT2D eigenvalue weighted by molar-refractivity contribution is 0.147. The number of pyridine rings is 1. The van der Waals surface area contributed by atoms with Gasteiger partial charge in [-0.15, -0.1) is 0 Å². The van der Waals surface area contributed by atoms with Gasteiger partial charge in [0, 0.05) is 31.0 Å². The minimum Gasteiger partial charge on any atom is -0.493 e. The molecule has 1 aromatic carbocycles. The molecule has 4 rings (SSSR count). The molecular weight excluding hydrogens is 362 g/mol. The molecule has 0 bridgehead atoms. The molecule has 1 aliphatic heterocycles. The fourth-order valence-electron chi connectivity index (χ4n) is 2.92. The maximum absolute atomic E-state index is 12.4. The summed E-state index contributed by atoms with van der Waals surface area (Å²) in [7, 11) is 3.11. The Morgan fingerprint density at radius 1 is 1.18 bits per heavy atom. The van der Waals surface area contributed by atoms with Crippen molar-refractivity contribution >= 4 is 11.7 Å². The van der Waals surface area contributed by atoms with Crippen molar-refractivity contribution in [2.24, 2.45) is 0 Å². The van der Waals surface area contributed by atoms with Gasteiger partial charge in [0.25, 0.3) is 0 Å². The van der Waals surface area contributed by atoms with E-state index in [9.17, 15) is 4.79 Å². The normalized spacial score (nSPS) is 13.7. The molecule has 0 radical (unpaired) electrons. The number of ether oxygens (including phenoxy) is 2. The van der Waals surface area contributed by atoms with Gasteiger partial charge in [-0.05, 0) is 24.3 Å². The average molecular weight is 381 g/mol. The first kappa shape index (κ1) is 17.8. The molecule has 9 nitrogen and oxygen atoms in total. The van der Waals surface area contributed by atoms with Gasteiger partial charge in [-0.3, -0.25) is 4.98 Å². The molecule has 9 heteroatoms. The van der Waals surface area contributed by atoms with Crippen molar-refractivity contribution in [2.75, 3.05) is 32.6 Å². The highest BCUT2D eigenvalue weighted by Crippen LogP contribution is 2.31. The number of methoxy groups -OCH3 is 2. The molecule has 0 spiro atoms. The molecule has 1 aliphatic rings. The van der Waals surface area contributed by atoms with Crippen LogP contribution in [0.2, 0.25) is 0 Å². The lowest BCUT2D eigenvalue weighted by atomic mass is 10.0. The summed E-state index contributed by atoms with van der Waals surface area (Å²) < 4.78 is 15.8. The Morgan fingerprint density at radius 2 is 2.00 bits per heavy atom. The SMILES string of the molecule is COc1ccc(NC(=O)N2CC(c3nc(-c4ccccn4)no3)C2)cc1OC.